The molecule has 0 amide bonds. The van der Waals surface area contributed by atoms with Crippen LogP contribution in [0.25, 0.3) is 0 Å². The molecule has 0 aromatic rings. The van der Waals surface area contributed by atoms with Crippen molar-refractivity contribution in [3.05, 3.63) is 0 Å². The molecule has 1 saturated heterocycles. The Kier molecular flexibility index (Phi) is 4.39. The zero-order valence-electron chi connectivity index (χ0n) is 10.5. The van der Waals surface area contributed by atoms with Crippen LogP contribution in [0.3, 0.4) is 0 Å². The number of nitrogens with zero attached hydrogens (tertiary/aromatic N) is 2. The normalized spacial score (nSPS) is 19.7. The van der Waals surface area contributed by atoms with Crippen molar-refractivity contribution in [3.63, 3.8) is 0 Å². The third kappa shape index (κ3) is 2.96. The second kappa shape index (κ2) is 5.13. The van der Waals surface area contributed by atoms with Gasteiger partial charge in [-0.2, -0.15) is 0 Å². The summed E-state index contributed by atoms with van der Waals surface area (Å²) in [5.41, 5.74) is 0. The van der Waals surface area contributed by atoms with E-state index in [1.165, 1.54) is 26.2 Å². The number of hydrogen-bond donors (Lipinski definition) is 0. The highest BCUT2D eigenvalue weighted by Crippen LogP contribution is 2.18. The molecule has 0 aliphatic carbocycles. The second-order valence-electron chi connectivity index (χ2n) is 5.10. The van der Waals surface area contributed by atoms with E-state index < -0.39 is 0 Å². The molecule has 1 aliphatic rings. The van der Waals surface area contributed by atoms with Crippen molar-refractivity contribution in [2.24, 2.45) is 5.92 Å². The van der Waals surface area contributed by atoms with Crippen LogP contribution >= 0.6 is 0 Å². The van der Waals surface area contributed by atoms with Gasteiger partial charge in [0.2, 0.25) is 0 Å². The molecule has 2 nitrogen and oxygen atoms in total. The Hall–Kier alpha value is -0.0800. The van der Waals surface area contributed by atoms with Gasteiger partial charge < -0.3 is 4.90 Å². The van der Waals surface area contributed by atoms with Crippen LogP contribution in [-0.4, -0.2) is 48.1 Å². The number of hydrogen-bond acceptors (Lipinski definition) is 2. The minimum absolute atomic E-state index is 0.686. The zero-order chi connectivity index (χ0) is 10.7. The molecule has 2 heteroatoms. The summed E-state index contributed by atoms with van der Waals surface area (Å²) in [6.07, 6.45) is 0. The molecule has 0 saturated carbocycles. The van der Waals surface area contributed by atoms with Crippen LogP contribution in [0.1, 0.15) is 34.6 Å². The van der Waals surface area contributed by atoms with Crippen LogP contribution in [-0.2, 0) is 0 Å². The third-order valence-corrected chi connectivity index (χ3v) is 3.28. The monoisotopic (exact) mass is 198 g/mol. The molecule has 1 rings (SSSR count). The lowest BCUT2D eigenvalue weighted by Gasteiger charge is -2.43. The predicted octanol–water partition coefficient (Wildman–Crippen LogP) is 2.06. The molecule has 0 aromatic carbocycles. The van der Waals surface area contributed by atoms with E-state index in [-0.39, 0.29) is 0 Å². The third-order valence-electron chi connectivity index (χ3n) is 3.28. The van der Waals surface area contributed by atoms with Crippen molar-refractivity contribution in [1.29, 1.82) is 0 Å². The van der Waals surface area contributed by atoms with Crippen LogP contribution in [0.5, 0.6) is 0 Å². The highest BCUT2D eigenvalue weighted by Gasteiger charge is 2.28. The Morgan fingerprint density at radius 1 is 1.14 bits per heavy atom. The van der Waals surface area contributed by atoms with Crippen LogP contribution in [0.15, 0.2) is 0 Å². The molecule has 14 heavy (non-hydrogen) atoms. The van der Waals surface area contributed by atoms with E-state index in [0.717, 1.165) is 5.92 Å². The van der Waals surface area contributed by atoms with Gasteiger partial charge in [-0.3, -0.25) is 4.90 Å². The average molecular weight is 198 g/mol. The molecule has 0 spiro atoms. The van der Waals surface area contributed by atoms with E-state index in [9.17, 15) is 0 Å². The minimum atomic E-state index is 0.686. The maximum Gasteiger partial charge on any atom is 0.00414 e. The molecule has 1 fully saturated rings. The maximum absolute atomic E-state index is 2.61. The summed E-state index contributed by atoms with van der Waals surface area (Å²) in [5, 5.41) is 0. The fourth-order valence-electron chi connectivity index (χ4n) is 2.37. The lowest BCUT2D eigenvalue weighted by molar-refractivity contribution is 0.0492. The first-order valence-corrected chi connectivity index (χ1v) is 6.02. The van der Waals surface area contributed by atoms with Crippen molar-refractivity contribution in [2.45, 2.75) is 46.7 Å². The van der Waals surface area contributed by atoms with E-state index in [1.54, 1.807) is 0 Å². The molecule has 0 aromatic heterocycles. The number of rotatable bonds is 5. The van der Waals surface area contributed by atoms with Crippen molar-refractivity contribution in [3.8, 4) is 0 Å². The van der Waals surface area contributed by atoms with Crippen LogP contribution in [0.4, 0.5) is 0 Å². The molecule has 0 radical (unpaired) electrons. The Morgan fingerprint density at radius 2 is 1.64 bits per heavy atom. The zero-order valence-corrected chi connectivity index (χ0v) is 10.5. The molecule has 0 bridgehead atoms. The quantitative estimate of drug-likeness (QED) is 0.667. The molecule has 0 N–H and O–H groups in total. The molecular formula is C12H26N2. The van der Waals surface area contributed by atoms with E-state index in [0.29, 0.717) is 12.1 Å². The smallest absolute Gasteiger partial charge is 0.00414 e. The molecule has 0 unspecified atom stereocenters. The van der Waals surface area contributed by atoms with Gasteiger partial charge in [-0.1, -0.05) is 6.92 Å². The van der Waals surface area contributed by atoms with Crippen LogP contribution < -0.4 is 0 Å². The van der Waals surface area contributed by atoms with Gasteiger partial charge in [0.1, 0.15) is 0 Å². The SMILES string of the molecule is CCN1CC(CN(C(C)C)C(C)C)C1. The Balaban J connectivity index is 2.28. The summed E-state index contributed by atoms with van der Waals surface area (Å²) < 4.78 is 0. The standard InChI is InChI=1S/C12H26N2/c1-6-13-7-12(8-13)9-14(10(2)3)11(4)5/h10-12H,6-9H2,1-5H3. The van der Waals surface area contributed by atoms with Gasteiger partial charge in [0, 0.05) is 31.7 Å². The van der Waals surface area contributed by atoms with E-state index in [2.05, 4.69) is 44.4 Å². The highest BCUT2D eigenvalue weighted by molar-refractivity contribution is 4.83. The molecule has 1 heterocycles. The summed E-state index contributed by atoms with van der Waals surface area (Å²) in [6, 6.07) is 1.37. The van der Waals surface area contributed by atoms with E-state index in [4.69, 9.17) is 0 Å². The van der Waals surface area contributed by atoms with Crippen molar-refractivity contribution in [2.75, 3.05) is 26.2 Å². The van der Waals surface area contributed by atoms with E-state index >= 15 is 0 Å². The maximum atomic E-state index is 2.61. The summed E-state index contributed by atoms with van der Waals surface area (Å²) in [5.74, 6) is 0.916. The van der Waals surface area contributed by atoms with Crippen LogP contribution in [0, 0.1) is 5.92 Å². The first kappa shape index (κ1) is 12.0. The largest absolute Gasteiger partial charge is 0.303 e. The summed E-state index contributed by atoms with van der Waals surface area (Å²) in [7, 11) is 0. The van der Waals surface area contributed by atoms with Gasteiger partial charge in [-0.05, 0) is 40.2 Å². The first-order chi connectivity index (χ1) is 6.54. The lowest BCUT2D eigenvalue weighted by Crippen LogP contribution is -2.53. The Bertz CT molecular complexity index is 152. The van der Waals surface area contributed by atoms with E-state index in [1.807, 2.05) is 0 Å². The summed E-state index contributed by atoms with van der Waals surface area (Å²) in [6.45, 7) is 16.6. The Labute approximate surface area is 89.3 Å². The molecule has 1 aliphatic heterocycles. The molecule has 84 valence electrons. The van der Waals surface area contributed by atoms with Crippen LogP contribution in [0.2, 0.25) is 0 Å². The lowest BCUT2D eigenvalue weighted by atomic mass is 9.98. The fourth-order valence-corrected chi connectivity index (χ4v) is 2.37. The van der Waals surface area contributed by atoms with Crippen molar-refractivity contribution >= 4 is 0 Å². The van der Waals surface area contributed by atoms with Gasteiger partial charge in [0.15, 0.2) is 0 Å². The summed E-state index contributed by atoms with van der Waals surface area (Å²) in [4.78, 5) is 5.13. The Morgan fingerprint density at radius 3 is 2.00 bits per heavy atom. The predicted molar refractivity (Wildman–Crippen MR) is 62.6 cm³/mol. The van der Waals surface area contributed by atoms with Crippen molar-refractivity contribution < 1.29 is 0 Å². The molecule has 0 atom stereocenters. The molecular weight excluding hydrogens is 172 g/mol. The van der Waals surface area contributed by atoms with Gasteiger partial charge in [-0.25, -0.2) is 0 Å². The highest BCUT2D eigenvalue weighted by atomic mass is 15.2. The van der Waals surface area contributed by atoms with Gasteiger partial charge in [0.25, 0.3) is 0 Å². The van der Waals surface area contributed by atoms with Gasteiger partial charge in [0.05, 0.1) is 0 Å². The van der Waals surface area contributed by atoms with Gasteiger partial charge in [-0.15, -0.1) is 0 Å². The minimum Gasteiger partial charge on any atom is -0.303 e. The number of likely N-dealkylation sites (tertiary alicyclic amines) is 1. The van der Waals surface area contributed by atoms with Crippen molar-refractivity contribution in [1.82, 2.24) is 9.80 Å². The fraction of sp³-hybridized carbons (Fsp3) is 1.00. The second-order valence-corrected chi connectivity index (χ2v) is 5.10. The average Bonchev–Trinajstić information content (AvgIpc) is 2.00. The summed E-state index contributed by atoms with van der Waals surface area (Å²) >= 11 is 0. The topological polar surface area (TPSA) is 6.48 Å². The van der Waals surface area contributed by atoms with Gasteiger partial charge >= 0.3 is 0 Å². The first-order valence-electron chi connectivity index (χ1n) is 6.02.